The van der Waals surface area contributed by atoms with Crippen molar-refractivity contribution in [3.63, 3.8) is 0 Å². The van der Waals surface area contributed by atoms with Crippen molar-refractivity contribution in [3.05, 3.63) is 30.6 Å². The predicted molar refractivity (Wildman–Crippen MR) is 77.3 cm³/mol. The van der Waals surface area contributed by atoms with Crippen molar-refractivity contribution in [1.82, 2.24) is 10.2 Å². The molecule has 110 valence electrons. The number of benzene rings is 1. The summed E-state index contributed by atoms with van der Waals surface area (Å²) in [6.07, 6.45) is 2.72. The van der Waals surface area contributed by atoms with Gasteiger partial charge in [-0.3, -0.25) is 9.40 Å². The second kappa shape index (κ2) is 4.39. The Morgan fingerprint density at radius 2 is 2.14 bits per heavy atom. The Balaban J connectivity index is 1.86. The molecular formula is C13H14N4O3S. The van der Waals surface area contributed by atoms with Crippen molar-refractivity contribution in [1.29, 1.82) is 0 Å². The minimum atomic E-state index is -3.60. The Labute approximate surface area is 122 Å². The van der Waals surface area contributed by atoms with Crippen LogP contribution in [0.25, 0.3) is 0 Å². The summed E-state index contributed by atoms with van der Waals surface area (Å²) in [4.78, 5) is 2.35. The summed E-state index contributed by atoms with van der Waals surface area (Å²) >= 11 is 0. The van der Waals surface area contributed by atoms with Gasteiger partial charge in [0.2, 0.25) is 0 Å². The number of nitrogens with zero attached hydrogens (tertiary/aromatic N) is 3. The van der Waals surface area contributed by atoms with Crippen molar-refractivity contribution in [2.24, 2.45) is 0 Å². The van der Waals surface area contributed by atoms with E-state index < -0.39 is 10.0 Å². The monoisotopic (exact) mass is 306 g/mol. The zero-order valence-electron chi connectivity index (χ0n) is 11.2. The molecular weight excluding hydrogens is 292 g/mol. The van der Waals surface area contributed by atoms with Gasteiger partial charge in [-0.15, -0.1) is 0 Å². The molecule has 2 aromatic rings. The maximum absolute atomic E-state index is 12.7. The minimum Gasteiger partial charge on any atom is -0.489 e. The van der Waals surface area contributed by atoms with Crippen LogP contribution in [0.2, 0.25) is 0 Å². The van der Waals surface area contributed by atoms with Crippen molar-refractivity contribution in [2.45, 2.75) is 4.90 Å². The quantitative estimate of drug-likeness (QED) is 0.888. The first-order valence-corrected chi connectivity index (χ1v) is 8.14. The van der Waals surface area contributed by atoms with E-state index in [-0.39, 0.29) is 4.90 Å². The lowest BCUT2D eigenvalue weighted by molar-refractivity contribution is 0.307. The molecule has 0 bridgehead atoms. The molecule has 3 heterocycles. The topological polar surface area (TPSA) is 78.5 Å². The van der Waals surface area contributed by atoms with E-state index in [1.807, 2.05) is 18.2 Å². The van der Waals surface area contributed by atoms with E-state index in [4.69, 9.17) is 4.74 Å². The number of aromatic amines is 1. The van der Waals surface area contributed by atoms with Gasteiger partial charge >= 0.3 is 0 Å². The van der Waals surface area contributed by atoms with E-state index in [9.17, 15) is 8.42 Å². The van der Waals surface area contributed by atoms with Crippen LogP contribution in [-0.4, -0.2) is 44.9 Å². The van der Waals surface area contributed by atoms with Gasteiger partial charge < -0.3 is 9.64 Å². The van der Waals surface area contributed by atoms with E-state index in [0.717, 1.165) is 18.0 Å². The highest BCUT2D eigenvalue weighted by Crippen LogP contribution is 2.44. The molecule has 0 fully saturated rings. The van der Waals surface area contributed by atoms with E-state index in [2.05, 4.69) is 15.1 Å². The molecule has 7 nitrogen and oxygen atoms in total. The summed E-state index contributed by atoms with van der Waals surface area (Å²) in [6, 6.07) is 5.51. The molecule has 1 aromatic carbocycles. The number of hydrogen-bond acceptors (Lipinski definition) is 5. The zero-order valence-corrected chi connectivity index (χ0v) is 12.0. The molecule has 1 aromatic heterocycles. The van der Waals surface area contributed by atoms with Crippen LogP contribution in [0.5, 0.6) is 5.75 Å². The molecule has 2 aliphatic heterocycles. The van der Waals surface area contributed by atoms with E-state index >= 15 is 0 Å². The van der Waals surface area contributed by atoms with Crippen LogP contribution < -0.4 is 13.9 Å². The molecule has 0 spiro atoms. The lowest BCUT2D eigenvalue weighted by Crippen LogP contribution is -2.46. The molecule has 21 heavy (non-hydrogen) atoms. The molecule has 0 amide bonds. The van der Waals surface area contributed by atoms with Gasteiger partial charge in [-0.2, -0.15) is 5.10 Å². The highest BCUT2D eigenvalue weighted by atomic mass is 32.2. The molecule has 2 aliphatic rings. The van der Waals surface area contributed by atoms with Crippen molar-refractivity contribution >= 4 is 21.4 Å². The molecule has 0 saturated carbocycles. The lowest BCUT2D eigenvalue weighted by Gasteiger charge is -2.40. The molecule has 0 aliphatic carbocycles. The summed E-state index contributed by atoms with van der Waals surface area (Å²) in [5.74, 6) is 0.742. The van der Waals surface area contributed by atoms with Crippen LogP contribution in [0, 0.1) is 0 Å². The summed E-state index contributed by atoms with van der Waals surface area (Å²) in [6.45, 7) is 2.49. The van der Waals surface area contributed by atoms with Crippen LogP contribution in [0.1, 0.15) is 0 Å². The fourth-order valence-corrected chi connectivity index (χ4v) is 4.21. The SMILES string of the molecule is O=S(=O)(c1cn[nH]c1)N1CCN2CCOc3cccc1c32. The molecule has 4 rings (SSSR count). The largest absolute Gasteiger partial charge is 0.489 e. The number of ether oxygens (including phenoxy) is 1. The van der Waals surface area contributed by atoms with Gasteiger partial charge in [-0.05, 0) is 12.1 Å². The summed E-state index contributed by atoms with van der Waals surface area (Å²) in [7, 11) is -3.60. The van der Waals surface area contributed by atoms with E-state index in [1.54, 1.807) is 0 Å². The standard InChI is InChI=1S/C13H14N4O3S/c18-21(19,10-8-14-15-9-10)17-5-4-16-6-7-20-12-3-1-2-11(17)13(12)16/h1-3,8-9H,4-7H2,(H,14,15). The number of rotatable bonds is 2. The highest BCUT2D eigenvalue weighted by Gasteiger charge is 2.35. The van der Waals surface area contributed by atoms with Gasteiger partial charge in [0, 0.05) is 12.7 Å². The first-order valence-electron chi connectivity index (χ1n) is 6.70. The van der Waals surface area contributed by atoms with E-state index in [1.165, 1.54) is 16.7 Å². The van der Waals surface area contributed by atoms with Gasteiger partial charge in [0.25, 0.3) is 10.0 Å². The van der Waals surface area contributed by atoms with E-state index in [0.29, 0.717) is 25.4 Å². The Kier molecular flexibility index (Phi) is 2.61. The number of hydrogen-bond donors (Lipinski definition) is 1. The Bertz CT molecular complexity index is 773. The highest BCUT2D eigenvalue weighted by molar-refractivity contribution is 7.92. The molecule has 0 atom stereocenters. The third kappa shape index (κ3) is 1.79. The fourth-order valence-electron chi connectivity index (χ4n) is 2.84. The second-order valence-electron chi connectivity index (χ2n) is 4.97. The molecule has 0 radical (unpaired) electrons. The Morgan fingerprint density at radius 1 is 1.24 bits per heavy atom. The summed E-state index contributed by atoms with van der Waals surface area (Å²) in [5.41, 5.74) is 1.53. The zero-order chi connectivity index (χ0) is 14.4. The maximum atomic E-state index is 12.7. The summed E-state index contributed by atoms with van der Waals surface area (Å²) in [5, 5.41) is 6.28. The average molecular weight is 306 g/mol. The Hall–Kier alpha value is -2.22. The molecule has 0 unspecified atom stereocenters. The normalized spacial score (nSPS) is 17.3. The third-order valence-corrected chi connectivity index (χ3v) is 5.59. The average Bonchev–Trinajstić information content (AvgIpc) is 3.03. The number of para-hydroxylation sites is 1. The van der Waals surface area contributed by atoms with Gasteiger partial charge in [0.1, 0.15) is 22.9 Å². The van der Waals surface area contributed by atoms with Crippen molar-refractivity contribution in [2.75, 3.05) is 35.4 Å². The molecule has 1 N–H and O–H groups in total. The number of sulfonamides is 1. The minimum absolute atomic E-state index is 0.172. The van der Waals surface area contributed by atoms with Crippen LogP contribution in [0.3, 0.4) is 0 Å². The third-order valence-electron chi connectivity index (χ3n) is 3.82. The first-order chi connectivity index (χ1) is 10.2. The second-order valence-corrected chi connectivity index (χ2v) is 6.83. The van der Waals surface area contributed by atoms with Crippen molar-refractivity contribution in [3.8, 4) is 5.75 Å². The van der Waals surface area contributed by atoms with Crippen molar-refractivity contribution < 1.29 is 13.2 Å². The molecule has 0 saturated heterocycles. The van der Waals surface area contributed by atoms with Crippen LogP contribution >= 0.6 is 0 Å². The first kappa shape index (κ1) is 12.5. The van der Waals surface area contributed by atoms with Gasteiger partial charge in [-0.25, -0.2) is 8.42 Å². The maximum Gasteiger partial charge on any atom is 0.267 e. The van der Waals surface area contributed by atoms with Gasteiger partial charge in [-0.1, -0.05) is 6.07 Å². The predicted octanol–water partition coefficient (Wildman–Crippen LogP) is 0.817. The molecule has 8 heteroatoms. The number of nitrogens with one attached hydrogen (secondary N) is 1. The van der Waals surface area contributed by atoms with Gasteiger partial charge in [0.05, 0.1) is 25.0 Å². The number of anilines is 2. The summed E-state index contributed by atoms with van der Waals surface area (Å²) < 4.78 is 32.6. The fraction of sp³-hybridized carbons (Fsp3) is 0.308. The number of aromatic nitrogens is 2. The smallest absolute Gasteiger partial charge is 0.267 e. The Morgan fingerprint density at radius 3 is 2.95 bits per heavy atom. The van der Waals surface area contributed by atoms with Gasteiger partial charge in [0.15, 0.2) is 0 Å². The lowest BCUT2D eigenvalue weighted by atomic mass is 10.1. The van der Waals surface area contributed by atoms with Crippen LogP contribution in [-0.2, 0) is 10.0 Å². The van der Waals surface area contributed by atoms with Crippen LogP contribution in [0.15, 0.2) is 35.5 Å². The number of H-pyrrole nitrogens is 1. The van der Waals surface area contributed by atoms with Crippen LogP contribution in [0.4, 0.5) is 11.4 Å².